The number of nitrogens with zero attached hydrogens (tertiary/aromatic N) is 3. The topological polar surface area (TPSA) is 81.4 Å². The maximum atomic E-state index is 6.50. The van der Waals surface area contributed by atoms with Crippen LogP contribution in [-0.4, -0.2) is 38.9 Å². The Morgan fingerprint density at radius 1 is 0.732 bits per heavy atom. The fourth-order valence-corrected chi connectivity index (χ4v) is 8.57. The Bertz CT molecular complexity index is 1550. The van der Waals surface area contributed by atoms with Crippen molar-refractivity contribution in [3.8, 4) is 23.0 Å². The van der Waals surface area contributed by atoms with Crippen molar-refractivity contribution < 1.29 is 28.2 Å². The number of epoxide rings is 1. The third-order valence-corrected chi connectivity index (χ3v) is 10.4. The summed E-state index contributed by atoms with van der Waals surface area (Å²) in [6.07, 6.45) is 1.09. The van der Waals surface area contributed by atoms with Crippen LogP contribution < -0.4 is 18.7 Å². The highest BCUT2D eigenvalue weighted by atomic mass is 31.2. The number of aromatic nitrogens is 3. The van der Waals surface area contributed by atoms with E-state index >= 15 is 0 Å². The largest absolute Gasteiger partial charge is 0.414 e. The average Bonchev–Trinajstić information content (AvgIpc) is 3.85. The summed E-state index contributed by atoms with van der Waals surface area (Å²) in [5.74, 6) is 2.65. The first-order valence-electron chi connectivity index (χ1n) is 13.1. The summed E-state index contributed by atoms with van der Waals surface area (Å²) < 4.78 is 31.9. The van der Waals surface area contributed by atoms with Gasteiger partial charge in [0.25, 0.3) is 0 Å². The maximum absolute atomic E-state index is 6.50. The predicted octanol–water partition coefficient (Wildman–Crippen LogP) is 7.69. The van der Waals surface area contributed by atoms with Gasteiger partial charge < -0.3 is 28.2 Å². The molecule has 6 rings (SSSR count). The first kappa shape index (κ1) is 27.5. The Morgan fingerprint density at radius 3 is 1.95 bits per heavy atom. The van der Waals surface area contributed by atoms with Crippen LogP contribution in [0.3, 0.4) is 0 Å². The van der Waals surface area contributed by atoms with Crippen molar-refractivity contribution in [3.05, 3.63) is 121 Å². The standard InChI is InChI=1S/C29H28N3O6P3/c1-4-10-25(11-5-1)35-31-39-30-40(37-28-18-16-24(17-19-28)20-21-33-22-29-23-34-29)32(36-26-12-6-2-7-13-26)41(31)38-27-14-8-3-9-15-27/h1-19,29H,20-23H2. The summed E-state index contributed by atoms with van der Waals surface area (Å²) in [5.41, 5.74) is 1.16. The molecule has 0 amide bonds. The molecule has 0 N–H and O–H groups in total. The third kappa shape index (κ3) is 7.95. The molecule has 1 aliphatic heterocycles. The Morgan fingerprint density at radius 2 is 1.32 bits per heavy atom. The van der Waals surface area contributed by atoms with Gasteiger partial charge in [-0.3, -0.25) is 0 Å². The number of hydrogen-bond donors (Lipinski definition) is 0. The zero-order valence-electron chi connectivity index (χ0n) is 22.0. The molecule has 41 heavy (non-hydrogen) atoms. The van der Waals surface area contributed by atoms with Gasteiger partial charge in [0.1, 0.15) is 17.6 Å². The van der Waals surface area contributed by atoms with Crippen molar-refractivity contribution in [3.63, 3.8) is 0 Å². The van der Waals surface area contributed by atoms with Gasteiger partial charge in [-0.25, -0.2) is 0 Å². The van der Waals surface area contributed by atoms with Gasteiger partial charge in [0, 0.05) is 0 Å². The lowest BCUT2D eigenvalue weighted by atomic mass is 10.1. The fourth-order valence-electron chi connectivity index (χ4n) is 3.62. The van der Waals surface area contributed by atoms with Gasteiger partial charge in [0.05, 0.1) is 19.8 Å². The minimum Gasteiger partial charge on any atom is -0.414 e. The molecule has 210 valence electrons. The Hall–Kier alpha value is -3.70. The molecule has 5 aromatic rings. The predicted molar refractivity (Wildman–Crippen MR) is 160 cm³/mol. The van der Waals surface area contributed by atoms with E-state index in [0.717, 1.165) is 18.6 Å². The third-order valence-electron chi connectivity index (χ3n) is 5.77. The Labute approximate surface area is 241 Å². The van der Waals surface area contributed by atoms with Gasteiger partial charge in [0.15, 0.2) is 20.0 Å². The van der Waals surface area contributed by atoms with Gasteiger partial charge >= 0.3 is 16.2 Å². The summed E-state index contributed by atoms with van der Waals surface area (Å²) >= 11 is 0. The van der Waals surface area contributed by atoms with E-state index in [1.807, 2.05) is 115 Å². The molecule has 3 atom stereocenters. The summed E-state index contributed by atoms with van der Waals surface area (Å²) in [5, 5.41) is 0. The molecule has 2 heterocycles. The van der Waals surface area contributed by atoms with E-state index in [1.165, 1.54) is 0 Å². The zero-order chi connectivity index (χ0) is 27.7. The molecule has 4 aromatic carbocycles. The van der Waals surface area contributed by atoms with E-state index in [2.05, 4.69) is 0 Å². The number of para-hydroxylation sites is 3. The molecular formula is C29H28N3O6P3. The van der Waals surface area contributed by atoms with E-state index < -0.39 is 16.2 Å². The van der Waals surface area contributed by atoms with Crippen LogP contribution >= 0.6 is 24.7 Å². The van der Waals surface area contributed by atoms with Crippen LogP contribution in [0.2, 0.25) is 0 Å². The normalized spacial score (nSPS) is 14.9. The van der Waals surface area contributed by atoms with Crippen molar-refractivity contribution in [1.29, 1.82) is 0 Å². The molecule has 0 spiro atoms. The second-order valence-corrected chi connectivity index (χ2v) is 13.3. The highest BCUT2D eigenvalue weighted by Gasteiger charge is 2.22. The molecule has 9 nitrogen and oxygen atoms in total. The number of benzene rings is 4. The van der Waals surface area contributed by atoms with Crippen molar-refractivity contribution in [2.75, 3.05) is 19.8 Å². The second kappa shape index (κ2) is 13.8. The highest BCUT2D eigenvalue weighted by Crippen LogP contribution is 2.42. The first-order chi connectivity index (χ1) is 20.3. The second-order valence-electron chi connectivity index (χ2n) is 8.92. The molecular weight excluding hydrogens is 579 g/mol. The van der Waals surface area contributed by atoms with Crippen LogP contribution in [0.1, 0.15) is 5.56 Å². The molecule has 0 aliphatic carbocycles. The summed E-state index contributed by atoms with van der Waals surface area (Å²) in [6, 6.07) is 36.6. The Balaban J connectivity index is 1.31. The minimum atomic E-state index is -1.68. The SMILES string of the molecule is c1ccc(On2pnp(Oc3ccc(CCOCC4CO4)cc3)n(Oc3ccccc3)p2Oc2ccccc2)cc1. The molecule has 1 aliphatic rings. The Kier molecular flexibility index (Phi) is 9.23. The molecule has 1 fully saturated rings. The van der Waals surface area contributed by atoms with Gasteiger partial charge in [-0.05, 0) is 64.8 Å². The van der Waals surface area contributed by atoms with E-state index in [0.29, 0.717) is 44.7 Å². The van der Waals surface area contributed by atoms with Crippen LogP contribution in [0.15, 0.2) is 115 Å². The lowest BCUT2D eigenvalue weighted by Crippen LogP contribution is -2.14. The van der Waals surface area contributed by atoms with Crippen LogP contribution in [0, 0.1) is 0 Å². The number of rotatable bonds is 13. The van der Waals surface area contributed by atoms with Crippen LogP contribution in [0.25, 0.3) is 0 Å². The fraction of sp³-hybridized carbons (Fsp3) is 0.172. The van der Waals surface area contributed by atoms with E-state index in [1.54, 1.807) is 8.51 Å². The minimum absolute atomic E-state index is 0.276. The molecule has 1 aromatic heterocycles. The average molecular weight is 607 g/mol. The molecule has 0 radical (unpaired) electrons. The van der Waals surface area contributed by atoms with E-state index in [-0.39, 0.29) is 6.10 Å². The monoisotopic (exact) mass is 607 g/mol. The van der Waals surface area contributed by atoms with Crippen LogP contribution in [0.4, 0.5) is 0 Å². The lowest BCUT2D eigenvalue weighted by Gasteiger charge is -2.20. The van der Waals surface area contributed by atoms with Gasteiger partial charge in [0.2, 0.25) is 0 Å². The smallest absolute Gasteiger partial charge is 0.319 e. The quantitative estimate of drug-likeness (QED) is 0.100. The number of ether oxygens (including phenoxy) is 2. The van der Waals surface area contributed by atoms with Crippen molar-refractivity contribution in [2.45, 2.75) is 12.5 Å². The van der Waals surface area contributed by atoms with E-state index in [9.17, 15) is 0 Å². The van der Waals surface area contributed by atoms with Crippen molar-refractivity contribution in [1.82, 2.24) is 13.0 Å². The van der Waals surface area contributed by atoms with Crippen molar-refractivity contribution >= 4 is 24.7 Å². The highest BCUT2D eigenvalue weighted by molar-refractivity contribution is 7.56. The summed E-state index contributed by atoms with van der Waals surface area (Å²) in [7, 11) is -2.77. The summed E-state index contributed by atoms with van der Waals surface area (Å²) in [4.78, 5) is 12.6. The molecule has 12 heteroatoms. The summed E-state index contributed by atoms with van der Waals surface area (Å²) in [6.45, 7) is 2.11. The number of hydrogen-bond acceptors (Lipinski definition) is 7. The van der Waals surface area contributed by atoms with Gasteiger partial charge in [-0.2, -0.15) is 0 Å². The van der Waals surface area contributed by atoms with Crippen molar-refractivity contribution in [2.24, 2.45) is 0 Å². The van der Waals surface area contributed by atoms with Gasteiger partial charge in [-0.1, -0.05) is 71.0 Å². The maximum Gasteiger partial charge on any atom is 0.319 e. The molecule has 0 bridgehead atoms. The van der Waals surface area contributed by atoms with Crippen LogP contribution in [0.5, 0.6) is 23.0 Å². The van der Waals surface area contributed by atoms with E-state index in [4.69, 9.17) is 32.7 Å². The lowest BCUT2D eigenvalue weighted by molar-refractivity contribution is 0.119. The molecule has 0 saturated carbocycles. The molecule has 1 saturated heterocycles. The molecule has 3 unspecified atom stereocenters. The van der Waals surface area contributed by atoms with Crippen LogP contribution in [-0.2, 0) is 15.9 Å². The zero-order valence-corrected chi connectivity index (χ0v) is 24.7. The van der Waals surface area contributed by atoms with Gasteiger partial charge in [-0.15, -0.1) is 4.51 Å². The first-order valence-corrected chi connectivity index (χ1v) is 16.2.